The number of carbonyl (C=O) groups is 2. The van der Waals surface area contributed by atoms with Crippen molar-refractivity contribution in [2.45, 2.75) is 32.8 Å². The Morgan fingerprint density at radius 2 is 2.04 bits per heavy atom. The summed E-state index contributed by atoms with van der Waals surface area (Å²) in [7, 11) is 1.54. The minimum absolute atomic E-state index is 0.118. The summed E-state index contributed by atoms with van der Waals surface area (Å²) in [5.41, 5.74) is 0.164. The van der Waals surface area contributed by atoms with Gasteiger partial charge in [0.15, 0.2) is 11.4 Å². The third-order valence-corrected chi connectivity index (χ3v) is 3.72. The van der Waals surface area contributed by atoms with Gasteiger partial charge in [-0.2, -0.15) is 0 Å². The summed E-state index contributed by atoms with van der Waals surface area (Å²) < 4.78 is 12.3. The van der Waals surface area contributed by atoms with E-state index in [0.717, 1.165) is 0 Å². The molecule has 23 heavy (non-hydrogen) atoms. The van der Waals surface area contributed by atoms with Gasteiger partial charge in [0.2, 0.25) is 0 Å². The van der Waals surface area contributed by atoms with E-state index < -0.39 is 11.7 Å². The summed E-state index contributed by atoms with van der Waals surface area (Å²) in [5.74, 6) is -0.118. The number of hydrogen-bond acceptors (Lipinski definition) is 5. The molecule has 0 unspecified atom stereocenters. The molecule has 0 aliphatic carbocycles. The van der Waals surface area contributed by atoms with Gasteiger partial charge >= 0.3 is 6.09 Å². The van der Waals surface area contributed by atoms with Crippen LogP contribution in [0.5, 0.6) is 0 Å². The average molecular weight is 383 g/mol. The van der Waals surface area contributed by atoms with Crippen LogP contribution in [0.3, 0.4) is 0 Å². The van der Waals surface area contributed by atoms with Crippen LogP contribution in [0.15, 0.2) is 22.9 Å². The lowest BCUT2D eigenvalue weighted by molar-refractivity contribution is 0.0543. The summed E-state index contributed by atoms with van der Waals surface area (Å²) in [6.07, 6.45) is 2.70. The molecular formula is C16H19BrN2O4. The Morgan fingerprint density at radius 3 is 2.65 bits per heavy atom. The highest BCUT2D eigenvalue weighted by molar-refractivity contribution is 9.10. The van der Waals surface area contributed by atoms with Gasteiger partial charge in [-0.1, -0.05) is 0 Å². The van der Waals surface area contributed by atoms with Crippen LogP contribution in [0.2, 0.25) is 0 Å². The van der Waals surface area contributed by atoms with Gasteiger partial charge in [0.25, 0.3) is 0 Å². The van der Waals surface area contributed by atoms with Crippen molar-refractivity contribution < 1.29 is 19.1 Å². The summed E-state index contributed by atoms with van der Waals surface area (Å²) in [6, 6.07) is 1.73. The molecule has 0 aliphatic rings. The van der Waals surface area contributed by atoms with Crippen LogP contribution in [0.1, 0.15) is 37.6 Å². The number of rotatable bonds is 4. The Labute approximate surface area is 142 Å². The van der Waals surface area contributed by atoms with Gasteiger partial charge in [-0.25, -0.2) is 14.3 Å². The summed E-state index contributed by atoms with van der Waals surface area (Å²) in [6.45, 7) is 5.66. The number of halogens is 1. The standard InChI is InChI=1S/C16H19BrN2O4/c1-16(2,3)23-15(21)19-9-10(12(20)6-8-22-4)13-11(17)5-7-18-14(13)19/h5,7,9H,6,8H2,1-4H3. The monoisotopic (exact) mass is 382 g/mol. The van der Waals surface area contributed by atoms with Gasteiger partial charge in [-0.3, -0.25) is 4.79 Å². The Morgan fingerprint density at radius 1 is 1.35 bits per heavy atom. The normalized spacial score (nSPS) is 11.7. The highest BCUT2D eigenvalue weighted by Gasteiger charge is 2.24. The first-order valence-corrected chi connectivity index (χ1v) is 7.95. The number of carbonyl (C=O) groups excluding carboxylic acids is 2. The third kappa shape index (κ3) is 3.97. The molecule has 0 fully saturated rings. The van der Waals surface area contributed by atoms with E-state index in [1.807, 2.05) is 0 Å². The number of ketones is 1. The molecule has 0 N–H and O–H groups in total. The molecule has 2 rings (SSSR count). The zero-order valence-corrected chi connectivity index (χ0v) is 15.1. The van der Waals surface area contributed by atoms with Crippen LogP contribution in [0.25, 0.3) is 11.0 Å². The zero-order valence-electron chi connectivity index (χ0n) is 13.6. The van der Waals surface area contributed by atoms with Crippen LogP contribution in [-0.4, -0.2) is 40.7 Å². The molecule has 0 saturated carbocycles. The molecule has 0 aliphatic heterocycles. The first-order valence-electron chi connectivity index (χ1n) is 7.15. The molecule has 0 radical (unpaired) electrons. The first kappa shape index (κ1) is 17.6. The topological polar surface area (TPSA) is 70.4 Å². The number of nitrogens with zero attached hydrogens (tertiary/aromatic N) is 2. The smallest absolute Gasteiger partial charge is 0.420 e. The number of methoxy groups -OCH3 is 1. The number of pyridine rings is 1. The van der Waals surface area contributed by atoms with E-state index in [1.54, 1.807) is 33.0 Å². The zero-order chi connectivity index (χ0) is 17.2. The Bertz CT molecular complexity index is 746. The predicted octanol–water partition coefficient (Wildman–Crippen LogP) is 3.80. The number of fused-ring (bicyclic) bond motifs is 1. The molecule has 0 saturated heterocycles. The van der Waals surface area contributed by atoms with E-state index in [9.17, 15) is 9.59 Å². The van der Waals surface area contributed by atoms with E-state index >= 15 is 0 Å². The van der Waals surface area contributed by atoms with Crippen LogP contribution >= 0.6 is 15.9 Å². The Kier molecular flexibility index (Phi) is 5.21. The van der Waals surface area contributed by atoms with Crippen molar-refractivity contribution in [2.24, 2.45) is 0 Å². The third-order valence-electron chi connectivity index (χ3n) is 3.06. The summed E-state index contributed by atoms with van der Waals surface area (Å²) >= 11 is 3.42. The van der Waals surface area contributed by atoms with E-state index in [4.69, 9.17) is 9.47 Å². The number of ether oxygens (including phenoxy) is 2. The van der Waals surface area contributed by atoms with Gasteiger partial charge in [0, 0.05) is 41.3 Å². The maximum Gasteiger partial charge on any atom is 0.420 e. The maximum atomic E-state index is 12.4. The minimum atomic E-state index is -0.639. The van der Waals surface area contributed by atoms with Crippen LogP contribution in [0, 0.1) is 0 Å². The summed E-state index contributed by atoms with van der Waals surface area (Å²) in [4.78, 5) is 29.0. The molecule has 2 aromatic heterocycles. The largest absolute Gasteiger partial charge is 0.443 e. The quantitative estimate of drug-likeness (QED) is 0.751. The van der Waals surface area contributed by atoms with Crippen molar-refractivity contribution in [3.63, 3.8) is 0 Å². The van der Waals surface area contributed by atoms with Crippen molar-refractivity contribution >= 4 is 38.8 Å². The second kappa shape index (κ2) is 6.80. The number of hydrogen-bond donors (Lipinski definition) is 0. The second-order valence-electron chi connectivity index (χ2n) is 6.05. The lowest BCUT2D eigenvalue weighted by atomic mass is 10.1. The van der Waals surface area contributed by atoms with Crippen molar-refractivity contribution in [3.8, 4) is 0 Å². The van der Waals surface area contributed by atoms with Gasteiger partial charge < -0.3 is 9.47 Å². The van der Waals surface area contributed by atoms with Gasteiger partial charge in [-0.05, 0) is 42.8 Å². The molecule has 2 heterocycles. The predicted molar refractivity (Wildman–Crippen MR) is 89.9 cm³/mol. The van der Waals surface area contributed by atoms with E-state index in [-0.39, 0.29) is 12.2 Å². The van der Waals surface area contributed by atoms with Crippen molar-refractivity contribution in [1.82, 2.24) is 9.55 Å². The second-order valence-corrected chi connectivity index (χ2v) is 6.90. The van der Waals surface area contributed by atoms with Gasteiger partial charge in [0.1, 0.15) is 5.60 Å². The van der Waals surface area contributed by atoms with Gasteiger partial charge in [-0.15, -0.1) is 0 Å². The molecule has 6 nitrogen and oxygen atoms in total. The number of aromatic nitrogens is 2. The molecule has 0 amide bonds. The molecule has 2 aromatic rings. The molecule has 0 bridgehead atoms. The van der Waals surface area contributed by atoms with Gasteiger partial charge in [0.05, 0.1) is 6.61 Å². The fourth-order valence-electron chi connectivity index (χ4n) is 2.11. The summed E-state index contributed by atoms with van der Waals surface area (Å²) in [5, 5.41) is 0.597. The fourth-order valence-corrected chi connectivity index (χ4v) is 2.61. The van der Waals surface area contributed by atoms with Crippen LogP contribution in [-0.2, 0) is 9.47 Å². The number of Topliss-reactive ketones (excluding diaryl/α,β-unsaturated/α-hetero) is 1. The van der Waals surface area contributed by atoms with E-state index in [2.05, 4.69) is 20.9 Å². The van der Waals surface area contributed by atoms with Crippen molar-refractivity contribution in [2.75, 3.05) is 13.7 Å². The SMILES string of the molecule is COCCC(=O)c1cn(C(=O)OC(C)(C)C)c2nccc(Br)c12. The van der Waals surface area contributed by atoms with Crippen molar-refractivity contribution in [3.05, 3.63) is 28.5 Å². The maximum absolute atomic E-state index is 12.4. The first-order chi connectivity index (χ1) is 10.7. The molecular weight excluding hydrogens is 364 g/mol. The molecule has 0 aromatic carbocycles. The highest BCUT2D eigenvalue weighted by Crippen LogP contribution is 2.29. The minimum Gasteiger partial charge on any atom is -0.443 e. The lowest BCUT2D eigenvalue weighted by Crippen LogP contribution is -2.26. The van der Waals surface area contributed by atoms with Crippen LogP contribution < -0.4 is 0 Å². The molecule has 124 valence electrons. The van der Waals surface area contributed by atoms with Crippen molar-refractivity contribution in [1.29, 1.82) is 0 Å². The Balaban J connectivity index is 2.53. The Hall–Kier alpha value is -1.73. The highest BCUT2D eigenvalue weighted by atomic mass is 79.9. The van der Waals surface area contributed by atoms with E-state index in [0.29, 0.717) is 27.7 Å². The lowest BCUT2D eigenvalue weighted by Gasteiger charge is -2.19. The van der Waals surface area contributed by atoms with Crippen LogP contribution in [0.4, 0.5) is 4.79 Å². The molecule has 0 atom stereocenters. The van der Waals surface area contributed by atoms with E-state index in [1.165, 1.54) is 17.9 Å². The average Bonchev–Trinajstić information content (AvgIpc) is 2.84. The molecule has 7 heteroatoms. The fraction of sp³-hybridized carbons (Fsp3) is 0.438. The molecule has 0 spiro atoms.